The monoisotopic (exact) mass is 266 g/mol. The number of para-hydroxylation sites is 1. The molecule has 3 aromatic rings. The maximum atomic E-state index is 9.13. The number of benzene rings is 1. The highest BCUT2D eigenvalue weighted by Crippen LogP contribution is 2.35. The third kappa shape index (κ3) is 2.01. The van der Waals surface area contributed by atoms with E-state index >= 15 is 0 Å². The molecule has 0 spiro atoms. The van der Waals surface area contributed by atoms with Gasteiger partial charge in [0.1, 0.15) is 11.7 Å². The third-order valence-electron chi connectivity index (χ3n) is 2.71. The molecule has 0 fully saturated rings. The molecule has 0 radical (unpaired) electrons. The lowest BCUT2D eigenvalue weighted by Crippen LogP contribution is -1.98. The molecule has 2 N–H and O–H groups in total. The summed E-state index contributed by atoms with van der Waals surface area (Å²) in [4.78, 5) is 7.95. The van der Waals surface area contributed by atoms with Crippen molar-refractivity contribution in [3.63, 3.8) is 0 Å². The number of nitrogen functional groups attached to an aromatic ring is 1. The second-order valence-electron chi connectivity index (χ2n) is 4.18. The van der Waals surface area contributed by atoms with Crippen molar-refractivity contribution >= 4 is 16.9 Å². The van der Waals surface area contributed by atoms with E-state index in [1.54, 1.807) is 19.1 Å². The number of nitrogens with two attached hydrogens (primary N) is 1. The van der Waals surface area contributed by atoms with Crippen LogP contribution in [0.4, 0.5) is 5.95 Å². The Morgan fingerprint density at radius 1 is 1.30 bits per heavy atom. The van der Waals surface area contributed by atoms with Crippen LogP contribution in [0.5, 0.6) is 11.6 Å². The second kappa shape index (κ2) is 4.55. The van der Waals surface area contributed by atoms with Gasteiger partial charge in [-0.05, 0) is 19.1 Å². The Kier molecular flexibility index (Phi) is 2.73. The van der Waals surface area contributed by atoms with Crippen molar-refractivity contribution < 1.29 is 9.15 Å². The Hall–Kier alpha value is -3.07. The molecule has 0 bridgehead atoms. The molecule has 0 atom stereocenters. The molecular formula is C14H10N4O2. The van der Waals surface area contributed by atoms with Crippen molar-refractivity contribution in [3.8, 4) is 17.7 Å². The van der Waals surface area contributed by atoms with Crippen molar-refractivity contribution in [1.82, 2.24) is 9.97 Å². The fourth-order valence-corrected chi connectivity index (χ4v) is 1.92. The molecule has 0 unspecified atom stereocenters. The van der Waals surface area contributed by atoms with Crippen LogP contribution in [-0.2, 0) is 0 Å². The van der Waals surface area contributed by atoms with E-state index in [2.05, 4.69) is 9.97 Å². The maximum absolute atomic E-state index is 9.13. The van der Waals surface area contributed by atoms with Gasteiger partial charge < -0.3 is 14.9 Å². The largest absolute Gasteiger partial charge is 0.442 e. The summed E-state index contributed by atoms with van der Waals surface area (Å²) in [5.74, 6) is 0.825. The molecular weight excluding hydrogens is 256 g/mol. The van der Waals surface area contributed by atoms with Crippen molar-refractivity contribution in [2.45, 2.75) is 6.92 Å². The standard InChI is InChI=1S/C14H10N4O2/c1-8-6-12(18-14(16)17-8)20-13-9-4-2-3-5-10(9)19-11(13)7-15/h2-6H,1H3,(H2,16,17,18). The zero-order chi connectivity index (χ0) is 14.1. The molecule has 98 valence electrons. The van der Waals surface area contributed by atoms with E-state index in [9.17, 15) is 0 Å². The minimum Gasteiger partial charge on any atom is -0.442 e. The molecule has 0 aliphatic carbocycles. The summed E-state index contributed by atoms with van der Waals surface area (Å²) in [6.45, 7) is 1.78. The quantitative estimate of drug-likeness (QED) is 0.765. The first kappa shape index (κ1) is 12.0. The summed E-state index contributed by atoms with van der Waals surface area (Å²) in [6, 6.07) is 10.8. The smallest absolute Gasteiger partial charge is 0.247 e. The summed E-state index contributed by atoms with van der Waals surface area (Å²) >= 11 is 0. The predicted molar refractivity (Wildman–Crippen MR) is 72.2 cm³/mol. The number of fused-ring (bicyclic) bond motifs is 1. The molecule has 1 aromatic carbocycles. The van der Waals surface area contributed by atoms with Gasteiger partial charge in [-0.15, -0.1) is 0 Å². The van der Waals surface area contributed by atoms with Crippen LogP contribution in [0.1, 0.15) is 11.5 Å². The van der Waals surface area contributed by atoms with Gasteiger partial charge in [0.2, 0.25) is 17.6 Å². The van der Waals surface area contributed by atoms with E-state index in [0.29, 0.717) is 22.4 Å². The number of nitriles is 1. The van der Waals surface area contributed by atoms with Gasteiger partial charge in [-0.25, -0.2) is 4.98 Å². The molecule has 20 heavy (non-hydrogen) atoms. The van der Waals surface area contributed by atoms with Crippen molar-refractivity contribution in [2.75, 3.05) is 5.73 Å². The summed E-state index contributed by atoms with van der Waals surface area (Å²) in [6.07, 6.45) is 0. The molecule has 6 nitrogen and oxygen atoms in total. The van der Waals surface area contributed by atoms with E-state index in [4.69, 9.17) is 20.1 Å². The Bertz CT molecular complexity index is 813. The van der Waals surface area contributed by atoms with Gasteiger partial charge in [0.05, 0.1) is 5.39 Å². The van der Waals surface area contributed by atoms with E-state index in [-0.39, 0.29) is 17.6 Å². The van der Waals surface area contributed by atoms with Gasteiger partial charge in [0.15, 0.2) is 5.75 Å². The summed E-state index contributed by atoms with van der Waals surface area (Å²) < 4.78 is 11.1. The lowest BCUT2D eigenvalue weighted by atomic mass is 10.2. The predicted octanol–water partition coefficient (Wildman–Crippen LogP) is 2.78. The topological polar surface area (TPSA) is 98.0 Å². The highest BCUT2D eigenvalue weighted by molar-refractivity contribution is 5.86. The first-order valence-electron chi connectivity index (χ1n) is 5.88. The van der Waals surface area contributed by atoms with Crippen LogP contribution >= 0.6 is 0 Å². The number of aromatic nitrogens is 2. The van der Waals surface area contributed by atoms with Gasteiger partial charge in [-0.1, -0.05) is 12.1 Å². The minimum absolute atomic E-state index is 0.0982. The van der Waals surface area contributed by atoms with Crippen molar-refractivity contribution in [2.24, 2.45) is 0 Å². The van der Waals surface area contributed by atoms with E-state index in [1.165, 1.54) is 0 Å². The van der Waals surface area contributed by atoms with Crippen LogP contribution in [0, 0.1) is 18.3 Å². The first-order chi connectivity index (χ1) is 9.67. The number of nitrogens with zero attached hydrogens (tertiary/aromatic N) is 3. The lowest BCUT2D eigenvalue weighted by molar-refractivity contribution is 0.449. The maximum Gasteiger partial charge on any atom is 0.247 e. The zero-order valence-electron chi connectivity index (χ0n) is 10.6. The van der Waals surface area contributed by atoms with E-state index in [1.807, 2.05) is 24.3 Å². The van der Waals surface area contributed by atoms with Gasteiger partial charge in [-0.2, -0.15) is 10.2 Å². The fourth-order valence-electron chi connectivity index (χ4n) is 1.92. The van der Waals surface area contributed by atoms with Gasteiger partial charge in [0.25, 0.3) is 0 Å². The van der Waals surface area contributed by atoms with Gasteiger partial charge in [0, 0.05) is 11.8 Å². The molecule has 3 rings (SSSR count). The fraction of sp³-hybridized carbons (Fsp3) is 0.0714. The number of furan rings is 1. The molecule has 0 aliphatic rings. The number of rotatable bonds is 2. The van der Waals surface area contributed by atoms with Crippen LogP contribution in [0.2, 0.25) is 0 Å². The lowest BCUT2D eigenvalue weighted by Gasteiger charge is -2.04. The molecule has 0 amide bonds. The Morgan fingerprint density at radius 2 is 2.10 bits per heavy atom. The van der Waals surface area contributed by atoms with Crippen LogP contribution in [0.15, 0.2) is 34.7 Å². The average Bonchev–Trinajstić information content (AvgIpc) is 2.76. The van der Waals surface area contributed by atoms with Crippen LogP contribution in [-0.4, -0.2) is 9.97 Å². The molecule has 0 aliphatic heterocycles. The van der Waals surface area contributed by atoms with Crippen molar-refractivity contribution in [1.29, 1.82) is 5.26 Å². The molecule has 0 saturated carbocycles. The second-order valence-corrected chi connectivity index (χ2v) is 4.18. The number of ether oxygens (including phenoxy) is 1. The van der Waals surface area contributed by atoms with Crippen LogP contribution in [0.3, 0.4) is 0 Å². The SMILES string of the molecule is Cc1cc(Oc2c(C#N)oc3ccccc23)nc(N)n1. The Labute approximate surface area is 114 Å². The highest BCUT2D eigenvalue weighted by atomic mass is 16.5. The molecule has 2 aromatic heterocycles. The van der Waals surface area contributed by atoms with E-state index in [0.717, 1.165) is 0 Å². The van der Waals surface area contributed by atoms with Crippen LogP contribution in [0.25, 0.3) is 11.0 Å². The van der Waals surface area contributed by atoms with Crippen LogP contribution < -0.4 is 10.5 Å². The van der Waals surface area contributed by atoms with E-state index < -0.39 is 0 Å². The highest BCUT2D eigenvalue weighted by Gasteiger charge is 2.16. The summed E-state index contributed by atoms with van der Waals surface area (Å²) in [5.41, 5.74) is 6.84. The van der Waals surface area contributed by atoms with Crippen molar-refractivity contribution in [3.05, 3.63) is 41.8 Å². The number of hydrogen-bond acceptors (Lipinski definition) is 6. The first-order valence-corrected chi connectivity index (χ1v) is 5.88. The summed E-state index contributed by atoms with van der Waals surface area (Å²) in [5, 5.41) is 9.83. The zero-order valence-corrected chi connectivity index (χ0v) is 10.6. The number of aryl methyl sites for hydroxylation is 1. The molecule has 6 heteroatoms. The molecule has 2 heterocycles. The average molecular weight is 266 g/mol. The Balaban J connectivity index is 2.12. The number of anilines is 1. The minimum atomic E-state index is 0.0982. The summed E-state index contributed by atoms with van der Waals surface area (Å²) in [7, 11) is 0. The normalized spacial score (nSPS) is 10.4. The van der Waals surface area contributed by atoms with Gasteiger partial charge in [-0.3, -0.25) is 0 Å². The molecule has 0 saturated heterocycles. The van der Waals surface area contributed by atoms with Gasteiger partial charge >= 0.3 is 0 Å². The Morgan fingerprint density at radius 3 is 2.85 bits per heavy atom. The third-order valence-corrected chi connectivity index (χ3v) is 2.71. The number of hydrogen-bond donors (Lipinski definition) is 1.